The summed E-state index contributed by atoms with van der Waals surface area (Å²) < 4.78 is 125. The fraction of sp³-hybridized carbons (Fsp3) is 0.367. The molecule has 5 rings (SSSR count). The summed E-state index contributed by atoms with van der Waals surface area (Å²) in [5.41, 5.74) is -4.00. The molecule has 3 heterocycles. The van der Waals surface area contributed by atoms with Crippen molar-refractivity contribution in [2.45, 2.75) is 57.4 Å². The van der Waals surface area contributed by atoms with Crippen LogP contribution in [0.3, 0.4) is 0 Å². The lowest BCUT2D eigenvalue weighted by Crippen LogP contribution is -2.30. The van der Waals surface area contributed by atoms with Gasteiger partial charge in [0.2, 0.25) is 0 Å². The van der Waals surface area contributed by atoms with Crippen LogP contribution >= 0.6 is 0 Å². The van der Waals surface area contributed by atoms with Crippen LogP contribution in [0.5, 0.6) is 0 Å². The lowest BCUT2D eigenvalue weighted by atomic mass is 9.94. The Hall–Kier alpha value is -4.90. The number of aromatic nitrogens is 5. The van der Waals surface area contributed by atoms with Gasteiger partial charge in [0.25, 0.3) is 5.95 Å². The number of rotatable bonds is 7. The number of halogens is 9. The van der Waals surface area contributed by atoms with E-state index in [1.54, 1.807) is 4.90 Å². The first-order valence-electron chi connectivity index (χ1n) is 14.2. The molecule has 0 spiro atoms. The number of carboxylic acid groups (broad SMARTS) is 1. The number of pyridine rings is 1. The zero-order valence-electron chi connectivity index (χ0n) is 25.1. The Morgan fingerprint density at radius 2 is 1.58 bits per heavy atom. The summed E-state index contributed by atoms with van der Waals surface area (Å²) in [7, 11) is 1.39. The molecule has 2 aromatic carbocycles. The molecular formula is C30H26F9N7O2. The molecule has 256 valence electrons. The van der Waals surface area contributed by atoms with E-state index in [-0.39, 0.29) is 53.9 Å². The third kappa shape index (κ3) is 7.46. The van der Waals surface area contributed by atoms with Gasteiger partial charge in [-0.15, -0.1) is 5.10 Å². The number of alkyl halides is 9. The summed E-state index contributed by atoms with van der Waals surface area (Å²) in [6.45, 7) is 0.751. The number of carboxylic acids is 1. The Balaban J connectivity index is 1.67. The average molecular weight is 688 g/mol. The van der Waals surface area contributed by atoms with Crippen LogP contribution < -0.4 is 9.80 Å². The molecule has 48 heavy (non-hydrogen) atoms. The van der Waals surface area contributed by atoms with Crippen LogP contribution in [0.25, 0.3) is 0 Å². The second kappa shape index (κ2) is 12.6. The maximum Gasteiger partial charge on any atom is 0.416 e. The molecule has 0 amide bonds. The van der Waals surface area contributed by atoms with Gasteiger partial charge < -0.3 is 14.9 Å². The summed E-state index contributed by atoms with van der Waals surface area (Å²) in [5.74, 6) is -1.44. The Kier molecular flexibility index (Phi) is 9.05. The van der Waals surface area contributed by atoms with Crippen LogP contribution in [0.4, 0.5) is 51.1 Å². The van der Waals surface area contributed by atoms with Crippen molar-refractivity contribution in [1.82, 2.24) is 25.2 Å². The molecule has 1 unspecified atom stereocenters. The minimum atomic E-state index is -5.11. The van der Waals surface area contributed by atoms with Gasteiger partial charge in [0.05, 0.1) is 35.3 Å². The van der Waals surface area contributed by atoms with Gasteiger partial charge in [-0.25, -0.2) is 4.79 Å². The van der Waals surface area contributed by atoms with Gasteiger partial charge >= 0.3 is 24.5 Å². The molecule has 4 aromatic rings. The summed E-state index contributed by atoms with van der Waals surface area (Å²) >= 11 is 0. The molecule has 1 aliphatic rings. The predicted octanol–water partition coefficient (Wildman–Crippen LogP) is 7.22. The number of aromatic carboxylic acids is 1. The fourth-order valence-electron chi connectivity index (χ4n) is 5.73. The first-order chi connectivity index (χ1) is 22.3. The van der Waals surface area contributed by atoms with E-state index < -0.39 is 59.3 Å². The van der Waals surface area contributed by atoms with Crippen molar-refractivity contribution < 1.29 is 49.4 Å². The summed E-state index contributed by atoms with van der Waals surface area (Å²) in [6, 6.07) is 3.76. The molecular weight excluding hydrogens is 661 g/mol. The zero-order chi connectivity index (χ0) is 35.2. The summed E-state index contributed by atoms with van der Waals surface area (Å²) in [6.07, 6.45) is -12.0. The Morgan fingerprint density at radius 1 is 0.917 bits per heavy atom. The van der Waals surface area contributed by atoms with Gasteiger partial charge in [-0.1, -0.05) is 11.2 Å². The number of aryl methyl sites for hydroxylation is 2. The van der Waals surface area contributed by atoms with E-state index in [1.165, 1.54) is 37.2 Å². The smallest absolute Gasteiger partial charge is 0.416 e. The number of carbonyl (C=O) groups is 1. The molecule has 0 aliphatic carbocycles. The third-order valence-electron chi connectivity index (χ3n) is 7.83. The zero-order valence-corrected chi connectivity index (χ0v) is 25.1. The second-order valence-corrected chi connectivity index (χ2v) is 11.3. The molecule has 2 aromatic heterocycles. The normalized spacial score (nSPS) is 15.6. The highest BCUT2D eigenvalue weighted by Crippen LogP contribution is 2.44. The van der Waals surface area contributed by atoms with Crippen molar-refractivity contribution in [2.24, 2.45) is 7.05 Å². The quantitative estimate of drug-likeness (QED) is 0.204. The van der Waals surface area contributed by atoms with Crippen LogP contribution in [-0.2, 0) is 38.7 Å². The van der Waals surface area contributed by atoms with E-state index >= 15 is 0 Å². The van der Waals surface area contributed by atoms with Crippen molar-refractivity contribution in [3.63, 3.8) is 0 Å². The molecule has 1 atom stereocenters. The Labute approximate surface area is 266 Å². The number of fused-ring (bicyclic) bond motifs is 1. The van der Waals surface area contributed by atoms with E-state index in [4.69, 9.17) is 0 Å². The van der Waals surface area contributed by atoms with Gasteiger partial charge in [0.1, 0.15) is 0 Å². The number of nitrogens with zero attached hydrogens (tertiary/aromatic N) is 7. The number of hydrogen-bond acceptors (Lipinski definition) is 7. The summed E-state index contributed by atoms with van der Waals surface area (Å²) in [5, 5.41) is 21.3. The molecule has 1 aliphatic heterocycles. The third-order valence-corrected chi connectivity index (χ3v) is 7.83. The van der Waals surface area contributed by atoms with Crippen molar-refractivity contribution in [2.75, 3.05) is 16.3 Å². The number of hydrogen-bond donors (Lipinski definition) is 1. The highest BCUT2D eigenvalue weighted by atomic mass is 19.4. The van der Waals surface area contributed by atoms with Crippen molar-refractivity contribution >= 4 is 17.6 Å². The second-order valence-electron chi connectivity index (χ2n) is 11.3. The summed E-state index contributed by atoms with van der Waals surface area (Å²) in [4.78, 5) is 19.4. The molecule has 0 radical (unpaired) electrons. The van der Waals surface area contributed by atoms with Crippen LogP contribution in [0, 0.1) is 6.92 Å². The molecule has 18 heteroatoms. The van der Waals surface area contributed by atoms with Gasteiger partial charge in [-0.3, -0.25) is 4.98 Å². The maximum atomic E-state index is 14.2. The number of tetrazole rings is 1. The molecule has 0 saturated heterocycles. The minimum absolute atomic E-state index is 0.00345. The topological polar surface area (TPSA) is 100 Å². The first-order valence-corrected chi connectivity index (χ1v) is 14.2. The SMILES string of the molecule is Cc1cc2c(cc1C(F)(F)F)N(Cc1cncc(C(=O)O)c1)CCCC2N(Cc1cc(C(F)(F)F)cc(C(F)(F)F)c1)c1nnn(C)n1. The molecule has 0 bridgehead atoms. The monoisotopic (exact) mass is 687 g/mol. The molecule has 1 N–H and O–H groups in total. The van der Waals surface area contributed by atoms with E-state index in [0.717, 1.165) is 17.1 Å². The lowest BCUT2D eigenvalue weighted by Gasteiger charge is -2.33. The predicted molar refractivity (Wildman–Crippen MR) is 152 cm³/mol. The lowest BCUT2D eigenvalue weighted by molar-refractivity contribution is -0.143. The molecule has 0 saturated carbocycles. The van der Waals surface area contributed by atoms with Crippen molar-refractivity contribution in [3.8, 4) is 0 Å². The van der Waals surface area contributed by atoms with Crippen molar-refractivity contribution in [1.29, 1.82) is 0 Å². The Bertz CT molecular complexity index is 1790. The van der Waals surface area contributed by atoms with E-state index in [0.29, 0.717) is 24.1 Å². The molecule has 9 nitrogen and oxygen atoms in total. The highest BCUT2D eigenvalue weighted by molar-refractivity contribution is 5.87. The standard InChI is InChI=1S/C30H26F9N7O2/c1-16-6-22-24(4-3-5-45(25(22)11-23(16)30(37,38)39)14-18-7-19(26(47)48)13-40-12-18)46(27-41-43-44(2)42-27)15-17-8-20(28(31,32)33)10-21(9-17)29(34,35)36/h6-13,24H,3-5,14-15H2,1-2H3,(H,47,48). The minimum Gasteiger partial charge on any atom is -0.478 e. The van der Waals surface area contributed by atoms with Crippen molar-refractivity contribution in [3.05, 3.63) is 93.3 Å². The van der Waals surface area contributed by atoms with Crippen LogP contribution in [0.1, 0.15) is 68.2 Å². The maximum absolute atomic E-state index is 14.2. The highest BCUT2D eigenvalue weighted by Gasteiger charge is 2.39. The van der Waals surface area contributed by atoms with Gasteiger partial charge in [-0.2, -0.15) is 44.3 Å². The van der Waals surface area contributed by atoms with Gasteiger partial charge in [-0.05, 0) is 77.6 Å². The van der Waals surface area contributed by atoms with E-state index in [2.05, 4.69) is 20.4 Å². The average Bonchev–Trinajstić information content (AvgIpc) is 3.34. The molecule has 0 fully saturated rings. The number of anilines is 2. The van der Waals surface area contributed by atoms with E-state index in [1.807, 2.05) is 0 Å². The van der Waals surface area contributed by atoms with Crippen LogP contribution in [-0.4, -0.2) is 42.8 Å². The fourth-order valence-corrected chi connectivity index (χ4v) is 5.73. The Morgan fingerprint density at radius 3 is 2.15 bits per heavy atom. The van der Waals surface area contributed by atoms with Crippen LogP contribution in [0.15, 0.2) is 48.8 Å². The van der Waals surface area contributed by atoms with Gasteiger partial charge in [0, 0.05) is 37.7 Å². The first kappa shape index (κ1) is 34.4. The van der Waals surface area contributed by atoms with E-state index in [9.17, 15) is 49.4 Å². The van der Waals surface area contributed by atoms with Gasteiger partial charge in [0.15, 0.2) is 0 Å². The number of benzene rings is 2. The largest absolute Gasteiger partial charge is 0.478 e. The van der Waals surface area contributed by atoms with Crippen LogP contribution in [0.2, 0.25) is 0 Å².